The molecule has 0 spiro atoms. The maximum absolute atomic E-state index is 11.9. The number of methoxy groups -OCH3 is 1. The van der Waals surface area contributed by atoms with Crippen LogP contribution in [0.3, 0.4) is 0 Å². The fourth-order valence-electron chi connectivity index (χ4n) is 2.44. The maximum atomic E-state index is 11.9. The number of carbonyl (C=O) groups is 1. The number of benzene rings is 1. The highest BCUT2D eigenvalue weighted by molar-refractivity contribution is 6.03. The normalized spacial score (nSPS) is 19.1. The van der Waals surface area contributed by atoms with Crippen molar-refractivity contribution in [1.29, 1.82) is 0 Å². The summed E-state index contributed by atoms with van der Waals surface area (Å²) in [6.07, 6.45) is 1.64. The van der Waals surface area contributed by atoms with Crippen molar-refractivity contribution >= 4 is 5.78 Å². The number of hydrogen-bond donors (Lipinski definition) is 0. The third-order valence-corrected chi connectivity index (χ3v) is 3.25. The average Bonchev–Trinajstić information content (AvgIpc) is 2.58. The zero-order chi connectivity index (χ0) is 11.0. The Hall–Kier alpha value is -1.31. The Bertz CT molecular complexity index is 407. The van der Waals surface area contributed by atoms with Gasteiger partial charge in [0, 0.05) is 17.5 Å². The molecule has 0 radical (unpaired) electrons. The third kappa shape index (κ3) is 1.44. The first-order valence-electron chi connectivity index (χ1n) is 5.39. The maximum Gasteiger partial charge on any atom is 0.164 e. The number of ketones is 1. The molecule has 1 atom stereocenters. The summed E-state index contributed by atoms with van der Waals surface area (Å²) in [5, 5.41) is 0. The summed E-state index contributed by atoms with van der Waals surface area (Å²) >= 11 is 0. The smallest absolute Gasteiger partial charge is 0.164 e. The first-order chi connectivity index (χ1) is 7.19. The molecule has 0 N–H and O–H groups in total. The molecule has 15 heavy (non-hydrogen) atoms. The van der Waals surface area contributed by atoms with E-state index < -0.39 is 0 Å². The van der Waals surface area contributed by atoms with E-state index in [2.05, 4.69) is 6.92 Å². The second kappa shape index (κ2) is 3.69. The van der Waals surface area contributed by atoms with Crippen molar-refractivity contribution in [2.24, 2.45) is 0 Å². The van der Waals surface area contributed by atoms with Gasteiger partial charge in [-0.15, -0.1) is 0 Å². The molecule has 0 aliphatic heterocycles. The number of fused-ring (bicyclic) bond motifs is 1. The molecule has 2 nitrogen and oxygen atoms in total. The van der Waals surface area contributed by atoms with E-state index in [1.807, 2.05) is 19.1 Å². The Balaban J connectivity index is 2.64. The number of carbonyl (C=O) groups excluding carboxylic acids is 1. The molecule has 80 valence electrons. The van der Waals surface area contributed by atoms with E-state index in [4.69, 9.17) is 4.74 Å². The fraction of sp³-hybridized carbons (Fsp3) is 0.462. The van der Waals surface area contributed by atoms with Crippen molar-refractivity contribution in [3.63, 3.8) is 0 Å². The molecule has 1 aromatic carbocycles. The van der Waals surface area contributed by atoms with E-state index in [-0.39, 0.29) is 5.78 Å². The number of rotatable bonds is 2. The highest BCUT2D eigenvalue weighted by atomic mass is 16.5. The van der Waals surface area contributed by atoms with Crippen LogP contribution in [0.4, 0.5) is 0 Å². The van der Waals surface area contributed by atoms with Crippen molar-refractivity contribution in [3.05, 3.63) is 28.8 Å². The zero-order valence-corrected chi connectivity index (χ0v) is 9.46. The number of hydrogen-bond acceptors (Lipinski definition) is 2. The van der Waals surface area contributed by atoms with Crippen molar-refractivity contribution in [2.45, 2.75) is 32.6 Å². The average molecular weight is 204 g/mol. The monoisotopic (exact) mass is 204 g/mol. The first-order valence-corrected chi connectivity index (χ1v) is 5.39. The summed E-state index contributed by atoms with van der Waals surface area (Å²) in [5.74, 6) is 1.49. The van der Waals surface area contributed by atoms with Crippen molar-refractivity contribution in [1.82, 2.24) is 0 Å². The van der Waals surface area contributed by atoms with Crippen LogP contribution >= 0.6 is 0 Å². The minimum absolute atomic E-state index is 0.272. The first kappa shape index (κ1) is 10.2. The van der Waals surface area contributed by atoms with Crippen LogP contribution in [0.2, 0.25) is 0 Å². The largest absolute Gasteiger partial charge is 0.496 e. The Kier molecular flexibility index (Phi) is 2.51. The summed E-state index contributed by atoms with van der Waals surface area (Å²) in [4.78, 5) is 11.9. The molecule has 1 aliphatic carbocycles. The second-order valence-electron chi connectivity index (χ2n) is 4.11. The van der Waals surface area contributed by atoms with E-state index in [9.17, 15) is 4.79 Å². The predicted molar refractivity (Wildman–Crippen MR) is 59.7 cm³/mol. The van der Waals surface area contributed by atoms with Crippen LogP contribution in [0.5, 0.6) is 5.75 Å². The van der Waals surface area contributed by atoms with Gasteiger partial charge < -0.3 is 4.74 Å². The summed E-state index contributed by atoms with van der Waals surface area (Å²) in [6.45, 7) is 4.11. The standard InChI is InChI=1S/C13H16O2/c1-4-9-7-10(14)12-8(2)5-6-11(15-3)13(9)12/h5-6,9H,4,7H2,1-3H3. The van der Waals surface area contributed by atoms with Crippen molar-refractivity contribution in [2.75, 3.05) is 7.11 Å². The zero-order valence-electron chi connectivity index (χ0n) is 9.46. The van der Waals surface area contributed by atoms with E-state index in [0.717, 1.165) is 28.9 Å². The third-order valence-electron chi connectivity index (χ3n) is 3.25. The molecule has 0 bridgehead atoms. The van der Waals surface area contributed by atoms with Gasteiger partial charge in [0.2, 0.25) is 0 Å². The molecule has 1 unspecified atom stereocenters. The van der Waals surface area contributed by atoms with Crippen LogP contribution in [0.25, 0.3) is 0 Å². The summed E-state index contributed by atoms with van der Waals surface area (Å²) in [7, 11) is 1.67. The second-order valence-corrected chi connectivity index (χ2v) is 4.11. The van der Waals surface area contributed by atoms with Crippen molar-refractivity contribution < 1.29 is 9.53 Å². The fourth-order valence-corrected chi connectivity index (χ4v) is 2.44. The Morgan fingerprint density at radius 2 is 2.20 bits per heavy atom. The van der Waals surface area contributed by atoms with Crippen LogP contribution < -0.4 is 4.74 Å². The van der Waals surface area contributed by atoms with Crippen LogP contribution in [-0.2, 0) is 0 Å². The highest BCUT2D eigenvalue weighted by Crippen LogP contribution is 2.42. The topological polar surface area (TPSA) is 26.3 Å². The summed E-state index contributed by atoms with van der Waals surface area (Å²) in [6, 6.07) is 3.93. The van der Waals surface area contributed by atoms with Crippen LogP contribution in [0, 0.1) is 6.92 Å². The minimum Gasteiger partial charge on any atom is -0.496 e. The summed E-state index contributed by atoms with van der Waals surface area (Å²) < 4.78 is 5.34. The molecule has 2 rings (SSSR count). The van der Waals surface area contributed by atoms with Crippen molar-refractivity contribution in [3.8, 4) is 5.75 Å². The summed E-state index contributed by atoms with van der Waals surface area (Å²) in [5.41, 5.74) is 3.11. The minimum atomic E-state index is 0.272. The molecular formula is C13H16O2. The van der Waals surface area contributed by atoms with E-state index >= 15 is 0 Å². The number of aryl methyl sites for hydroxylation is 1. The lowest BCUT2D eigenvalue weighted by Crippen LogP contribution is -1.98. The van der Waals surface area contributed by atoms with Crippen LogP contribution in [0.1, 0.15) is 47.2 Å². The highest BCUT2D eigenvalue weighted by Gasteiger charge is 2.32. The predicted octanol–water partition coefficient (Wildman–Crippen LogP) is 3.08. The Morgan fingerprint density at radius 3 is 2.80 bits per heavy atom. The molecule has 1 aromatic rings. The molecule has 0 heterocycles. The van der Waals surface area contributed by atoms with Gasteiger partial charge in [-0.2, -0.15) is 0 Å². The van der Waals surface area contributed by atoms with Gasteiger partial charge in [0.25, 0.3) is 0 Å². The van der Waals surface area contributed by atoms with Gasteiger partial charge in [0.1, 0.15) is 5.75 Å². The Morgan fingerprint density at radius 1 is 1.47 bits per heavy atom. The molecule has 0 fully saturated rings. The Labute approximate surface area is 90.3 Å². The lowest BCUT2D eigenvalue weighted by Gasteiger charge is -2.13. The molecule has 0 aromatic heterocycles. The molecular weight excluding hydrogens is 188 g/mol. The quantitative estimate of drug-likeness (QED) is 0.740. The molecule has 1 aliphatic rings. The van der Waals surface area contributed by atoms with Gasteiger partial charge in [-0.05, 0) is 30.9 Å². The lowest BCUT2D eigenvalue weighted by atomic mass is 9.96. The van der Waals surface area contributed by atoms with Gasteiger partial charge in [-0.3, -0.25) is 4.79 Å². The van der Waals surface area contributed by atoms with Gasteiger partial charge in [-0.25, -0.2) is 0 Å². The van der Waals surface area contributed by atoms with E-state index in [1.165, 1.54) is 0 Å². The SMILES string of the molecule is CCC1CC(=O)c2c(C)ccc(OC)c21. The molecule has 0 saturated heterocycles. The molecule has 0 saturated carbocycles. The van der Waals surface area contributed by atoms with E-state index in [0.29, 0.717) is 12.3 Å². The van der Waals surface area contributed by atoms with Gasteiger partial charge in [0.05, 0.1) is 7.11 Å². The number of Topliss-reactive ketones (excluding diaryl/α,β-unsaturated/α-hetero) is 1. The lowest BCUT2D eigenvalue weighted by molar-refractivity contribution is 0.0988. The van der Waals surface area contributed by atoms with Crippen LogP contribution in [-0.4, -0.2) is 12.9 Å². The number of ether oxygens (including phenoxy) is 1. The van der Waals surface area contributed by atoms with Gasteiger partial charge in [0.15, 0.2) is 5.78 Å². The molecule has 0 amide bonds. The van der Waals surface area contributed by atoms with Crippen LogP contribution in [0.15, 0.2) is 12.1 Å². The van der Waals surface area contributed by atoms with Gasteiger partial charge >= 0.3 is 0 Å². The molecule has 2 heteroatoms. The van der Waals surface area contributed by atoms with Gasteiger partial charge in [-0.1, -0.05) is 13.0 Å². The van der Waals surface area contributed by atoms with E-state index in [1.54, 1.807) is 7.11 Å².